The second kappa shape index (κ2) is 4.96. The molecule has 0 radical (unpaired) electrons. The van der Waals surface area contributed by atoms with Gasteiger partial charge in [-0.05, 0) is 30.3 Å². The maximum absolute atomic E-state index is 5.63. The molecule has 7 heteroatoms. The summed E-state index contributed by atoms with van der Waals surface area (Å²) in [5.41, 5.74) is 7.61. The topological polar surface area (TPSA) is 100.0 Å². The molecule has 0 unspecified atom stereocenters. The van der Waals surface area contributed by atoms with Gasteiger partial charge in [0.1, 0.15) is 5.69 Å². The predicted molar refractivity (Wildman–Crippen MR) is 71.7 cm³/mol. The quantitative estimate of drug-likeness (QED) is 0.723. The molecule has 0 fully saturated rings. The first-order valence-corrected chi connectivity index (χ1v) is 5.84. The van der Waals surface area contributed by atoms with E-state index in [2.05, 4.69) is 20.3 Å². The zero-order valence-electron chi connectivity index (χ0n) is 10.6. The summed E-state index contributed by atoms with van der Waals surface area (Å²) in [7, 11) is 1.53. The maximum Gasteiger partial charge on any atom is 0.258 e. The van der Waals surface area contributed by atoms with E-state index in [1.165, 1.54) is 7.11 Å². The Morgan fingerprint density at radius 3 is 2.50 bits per heavy atom. The lowest BCUT2D eigenvalue weighted by molar-refractivity contribution is 0.392. The first-order chi connectivity index (χ1) is 9.76. The van der Waals surface area contributed by atoms with Gasteiger partial charge >= 0.3 is 0 Å². The third-order valence-corrected chi connectivity index (χ3v) is 2.66. The van der Waals surface area contributed by atoms with E-state index in [9.17, 15) is 0 Å². The highest BCUT2D eigenvalue weighted by atomic mass is 16.5. The number of nitrogen functional groups attached to an aromatic ring is 1. The molecule has 0 bridgehead atoms. The Labute approximate surface area is 114 Å². The van der Waals surface area contributed by atoms with Crippen LogP contribution in [-0.4, -0.2) is 27.4 Å². The van der Waals surface area contributed by atoms with E-state index in [4.69, 9.17) is 15.0 Å². The molecule has 0 saturated heterocycles. The second-order valence-electron chi connectivity index (χ2n) is 4.01. The Hall–Kier alpha value is -2.96. The van der Waals surface area contributed by atoms with Crippen molar-refractivity contribution in [1.29, 1.82) is 0 Å². The van der Waals surface area contributed by atoms with Crippen molar-refractivity contribution in [3.8, 4) is 28.9 Å². The van der Waals surface area contributed by atoms with Crippen molar-refractivity contribution < 1.29 is 9.26 Å². The van der Waals surface area contributed by atoms with Gasteiger partial charge in [-0.25, -0.2) is 0 Å². The maximum atomic E-state index is 5.63. The molecule has 0 amide bonds. The van der Waals surface area contributed by atoms with Crippen molar-refractivity contribution >= 4 is 5.69 Å². The van der Waals surface area contributed by atoms with E-state index in [1.807, 2.05) is 12.1 Å². The lowest BCUT2D eigenvalue weighted by Gasteiger charge is -1.96. The molecule has 7 nitrogen and oxygen atoms in total. The number of nitrogens with zero attached hydrogens (tertiary/aromatic N) is 4. The third kappa shape index (κ3) is 2.28. The molecule has 0 saturated carbocycles. The van der Waals surface area contributed by atoms with Gasteiger partial charge in [0, 0.05) is 17.3 Å². The fourth-order valence-corrected chi connectivity index (χ4v) is 1.62. The summed E-state index contributed by atoms with van der Waals surface area (Å²) in [6.07, 6.45) is 0. The Bertz CT molecular complexity index is 706. The smallest absolute Gasteiger partial charge is 0.258 e. The molecule has 2 aromatic heterocycles. The van der Waals surface area contributed by atoms with Crippen molar-refractivity contribution in [2.45, 2.75) is 0 Å². The van der Waals surface area contributed by atoms with E-state index in [-0.39, 0.29) is 0 Å². The number of ether oxygens (including phenoxy) is 1. The molecule has 100 valence electrons. The number of methoxy groups -OCH3 is 1. The van der Waals surface area contributed by atoms with Crippen LogP contribution in [0.3, 0.4) is 0 Å². The highest BCUT2D eigenvalue weighted by molar-refractivity contribution is 5.59. The van der Waals surface area contributed by atoms with Gasteiger partial charge in [-0.1, -0.05) is 5.16 Å². The van der Waals surface area contributed by atoms with Crippen molar-refractivity contribution in [1.82, 2.24) is 20.3 Å². The van der Waals surface area contributed by atoms with Gasteiger partial charge in [0.2, 0.25) is 11.7 Å². The van der Waals surface area contributed by atoms with E-state index >= 15 is 0 Å². The largest absolute Gasteiger partial charge is 0.480 e. The minimum atomic E-state index is 0.368. The van der Waals surface area contributed by atoms with Crippen molar-refractivity contribution in [3.05, 3.63) is 36.4 Å². The molecule has 1 aromatic carbocycles. The molecule has 2 N–H and O–H groups in total. The second-order valence-corrected chi connectivity index (χ2v) is 4.01. The van der Waals surface area contributed by atoms with Crippen LogP contribution in [0.4, 0.5) is 5.69 Å². The van der Waals surface area contributed by atoms with Gasteiger partial charge < -0.3 is 15.0 Å². The van der Waals surface area contributed by atoms with Crippen LogP contribution in [-0.2, 0) is 0 Å². The minimum Gasteiger partial charge on any atom is -0.480 e. The number of benzene rings is 1. The standard InChI is InChI=1S/C13H11N5O2/c1-19-11-7-6-10(16-17-11)12-15-13(20-18-12)8-2-4-9(14)5-3-8/h2-7H,14H2,1H3. The van der Waals surface area contributed by atoms with Crippen LogP contribution in [0, 0.1) is 0 Å². The van der Waals surface area contributed by atoms with Crippen LogP contribution in [0.15, 0.2) is 40.9 Å². The number of hydrogen-bond donors (Lipinski definition) is 1. The Morgan fingerprint density at radius 1 is 1.05 bits per heavy atom. The number of aromatic nitrogens is 4. The Balaban J connectivity index is 1.91. The molecular formula is C13H11N5O2. The fraction of sp³-hybridized carbons (Fsp3) is 0.0769. The first-order valence-electron chi connectivity index (χ1n) is 5.84. The van der Waals surface area contributed by atoms with Crippen LogP contribution in [0.1, 0.15) is 0 Å². The first kappa shape index (κ1) is 12.1. The van der Waals surface area contributed by atoms with E-state index in [0.29, 0.717) is 29.0 Å². The Kier molecular flexibility index (Phi) is 3.00. The molecular weight excluding hydrogens is 258 g/mol. The highest BCUT2D eigenvalue weighted by Crippen LogP contribution is 2.22. The fourth-order valence-electron chi connectivity index (χ4n) is 1.62. The molecule has 2 heterocycles. The van der Waals surface area contributed by atoms with Gasteiger partial charge in [-0.3, -0.25) is 0 Å². The SMILES string of the molecule is COc1ccc(-c2noc(-c3ccc(N)cc3)n2)nn1. The average molecular weight is 269 g/mol. The summed E-state index contributed by atoms with van der Waals surface area (Å²) < 4.78 is 10.1. The minimum absolute atomic E-state index is 0.368. The normalized spacial score (nSPS) is 10.4. The molecule has 20 heavy (non-hydrogen) atoms. The van der Waals surface area contributed by atoms with Gasteiger partial charge in [0.15, 0.2) is 0 Å². The number of hydrogen-bond acceptors (Lipinski definition) is 7. The van der Waals surface area contributed by atoms with Crippen LogP contribution >= 0.6 is 0 Å². The third-order valence-electron chi connectivity index (χ3n) is 2.66. The Morgan fingerprint density at radius 2 is 1.85 bits per heavy atom. The van der Waals surface area contributed by atoms with Crippen LogP contribution in [0.25, 0.3) is 23.0 Å². The van der Waals surface area contributed by atoms with Gasteiger partial charge in [-0.2, -0.15) is 4.98 Å². The summed E-state index contributed by atoms with van der Waals surface area (Å²) in [4.78, 5) is 4.27. The molecule has 0 aliphatic carbocycles. The van der Waals surface area contributed by atoms with Gasteiger partial charge in [-0.15, -0.1) is 10.2 Å². The molecule has 0 atom stereocenters. The zero-order chi connectivity index (χ0) is 13.9. The zero-order valence-corrected chi connectivity index (χ0v) is 10.6. The summed E-state index contributed by atoms with van der Waals surface area (Å²) >= 11 is 0. The summed E-state index contributed by atoms with van der Waals surface area (Å²) in [5.74, 6) is 1.19. The van der Waals surface area contributed by atoms with Crippen LogP contribution in [0.5, 0.6) is 5.88 Å². The molecule has 0 spiro atoms. The van der Waals surface area contributed by atoms with E-state index < -0.39 is 0 Å². The lowest BCUT2D eigenvalue weighted by Crippen LogP contribution is -1.93. The highest BCUT2D eigenvalue weighted by Gasteiger charge is 2.12. The van der Waals surface area contributed by atoms with Crippen molar-refractivity contribution in [3.63, 3.8) is 0 Å². The lowest BCUT2D eigenvalue weighted by atomic mass is 10.2. The van der Waals surface area contributed by atoms with Crippen LogP contribution < -0.4 is 10.5 Å². The van der Waals surface area contributed by atoms with Gasteiger partial charge in [0.25, 0.3) is 5.89 Å². The molecule has 0 aliphatic heterocycles. The van der Waals surface area contributed by atoms with Gasteiger partial charge in [0.05, 0.1) is 7.11 Å². The molecule has 0 aliphatic rings. The monoisotopic (exact) mass is 269 g/mol. The van der Waals surface area contributed by atoms with Crippen molar-refractivity contribution in [2.24, 2.45) is 0 Å². The predicted octanol–water partition coefficient (Wildman–Crippen LogP) is 1.78. The number of rotatable bonds is 3. The number of anilines is 1. The average Bonchev–Trinajstić information content (AvgIpc) is 2.98. The van der Waals surface area contributed by atoms with Crippen LogP contribution in [0.2, 0.25) is 0 Å². The summed E-state index contributed by atoms with van der Waals surface area (Å²) in [6, 6.07) is 10.6. The molecule has 3 rings (SSSR count). The number of nitrogens with two attached hydrogens (primary N) is 1. The van der Waals surface area contributed by atoms with Crippen molar-refractivity contribution in [2.75, 3.05) is 12.8 Å². The molecule has 3 aromatic rings. The van der Waals surface area contributed by atoms with E-state index in [0.717, 1.165) is 5.56 Å². The summed E-state index contributed by atoms with van der Waals surface area (Å²) in [6.45, 7) is 0. The van der Waals surface area contributed by atoms with E-state index in [1.54, 1.807) is 24.3 Å². The summed E-state index contributed by atoms with van der Waals surface area (Å²) in [5, 5.41) is 11.7.